The van der Waals surface area contributed by atoms with E-state index >= 15 is 0 Å². The number of para-hydroxylation sites is 1. The zero-order chi connectivity index (χ0) is 12.1. The Bertz CT molecular complexity index is 484. The number of hydrogen-bond acceptors (Lipinski definition) is 3. The Morgan fingerprint density at radius 2 is 2.18 bits per heavy atom. The first-order valence-corrected chi connectivity index (χ1v) is 7.06. The second-order valence-electron chi connectivity index (χ2n) is 4.39. The van der Waals surface area contributed by atoms with Gasteiger partial charge in [0.2, 0.25) is 0 Å². The number of fused-ring (bicyclic) bond motifs is 1. The van der Waals surface area contributed by atoms with E-state index in [1.165, 1.54) is 10.9 Å². The fourth-order valence-corrected chi connectivity index (χ4v) is 2.69. The molecule has 1 atom stereocenters. The van der Waals surface area contributed by atoms with Crippen molar-refractivity contribution >= 4 is 22.7 Å². The molecule has 1 unspecified atom stereocenters. The highest BCUT2D eigenvalue weighted by molar-refractivity contribution is 7.98. The van der Waals surface area contributed by atoms with Crippen molar-refractivity contribution in [2.45, 2.75) is 12.7 Å². The molecule has 0 spiro atoms. The van der Waals surface area contributed by atoms with Gasteiger partial charge >= 0.3 is 0 Å². The molecule has 2 nitrogen and oxygen atoms in total. The summed E-state index contributed by atoms with van der Waals surface area (Å²) in [7, 11) is 0. The van der Waals surface area contributed by atoms with E-state index in [1.807, 2.05) is 30.1 Å². The number of rotatable bonds is 5. The highest BCUT2D eigenvalue weighted by atomic mass is 32.2. The van der Waals surface area contributed by atoms with Gasteiger partial charge in [-0.1, -0.05) is 25.1 Å². The molecule has 1 aromatic carbocycles. The number of aromatic nitrogens is 1. The minimum atomic E-state index is 0.591. The van der Waals surface area contributed by atoms with Crippen molar-refractivity contribution < 1.29 is 0 Å². The predicted octanol–water partition coefficient (Wildman–Crippen LogP) is 3.06. The minimum absolute atomic E-state index is 0.591. The molecule has 3 heteroatoms. The number of benzene rings is 1. The molecule has 0 aliphatic carbocycles. The van der Waals surface area contributed by atoms with Crippen LogP contribution in [-0.4, -0.2) is 17.3 Å². The molecule has 0 saturated heterocycles. The van der Waals surface area contributed by atoms with Crippen LogP contribution in [0.5, 0.6) is 0 Å². The number of thioether (sulfide) groups is 1. The maximum atomic E-state index is 5.60. The first-order valence-electron chi connectivity index (χ1n) is 5.91. The van der Waals surface area contributed by atoms with Crippen LogP contribution in [0.4, 0.5) is 0 Å². The van der Waals surface area contributed by atoms with E-state index in [0.29, 0.717) is 5.92 Å². The van der Waals surface area contributed by atoms with Crippen LogP contribution in [0.1, 0.15) is 12.5 Å². The predicted molar refractivity (Wildman–Crippen MR) is 76.1 cm³/mol. The number of nitrogens with two attached hydrogens (primary N) is 1. The largest absolute Gasteiger partial charge is 0.330 e. The van der Waals surface area contributed by atoms with Crippen LogP contribution in [0.25, 0.3) is 10.9 Å². The molecule has 2 aromatic rings. The van der Waals surface area contributed by atoms with E-state index in [-0.39, 0.29) is 0 Å². The lowest BCUT2D eigenvalue weighted by Gasteiger charge is -2.07. The van der Waals surface area contributed by atoms with Crippen LogP contribution in [0, 0.1) is 5.92 Å². The van der Waals surface area contributed by atoms with Crippen LogP contribution in [0.2, 0.25) is 0 Å². The van der Waals surface area contributed by atoms with Crippen LogP contribution in [0.3, 0.4) is 0 Å². The second kappa shape index (κ2) is 6.03. The third kappa shape index (κ3) is 3.45. The third-order valence-corrected chi connectivity index (χ3v) is 4.06. The van der Waals surface area contributed by atoms with E-state index in [0.717, 1.165) is 23.6 Å². The lowest BCUT2D eigenvalue weighted by molar-refractivity contribution is 0.675. The van der Waals surface area contributed by atoms with E-state index in [2.05, 4.69) is 30.1 Å². The first-order chi connectivity index (χ1) is 8.29. The van der Waals surface area contributed by atoms with Crippen molar-refractivity contribution in [3.63, 3.8) is 0 Å². The zero-order valence-electron chi connectivity index (χ0n) is 10.1. The normalized spacial score (nSPS) is 12.8. The molecule has 2 rings (SSSR count). The Morgan fingerprint density at radius 3 is 3.00 bits per heavy atom. The number of pyridine rings is 1. The Hall–Kier alpha value is -1.06. The number of nitrogens with zero attached hydrogens (tertiary/aromatic N) is 1. The first kappa shape index (κ1) is 12.4. The standard InChI is InChI=1S/C14H18N2S/c1-11(7-15)9-17-10-12-6-13-4-2-3-5-14(13)16-8-12/h2-6,8,11H,7,9-10,15H2,1H3. The summed E-state index contributed by atoms with van der Waals surface area (Å²) in [6, 6.07) is 10.5. The second-order valence-corrected chi connectivity index (χ2v) is 5.42. The number of hydrogen-bond donors (Lipinski definition) is 1. The Labute approximate surface area is 107 Å². The SMILES string of the molecule is CC(CN)CSCc1cnc2ccccc2c1. The summed E-state index contributed by atoms with van der Waals surface area (Å²) in [6.07, 6.45) is 1.97. The van der Waals surface area contributed by atoms with Crippen LogP contribution in [0.15, 0.2) is 36.5 Å². The summed E-state index contributed by atoms with van der Waals surface area (Å²) in [4.78, 5) is 4.46. The van der Waals surface area contributed by atoms with Crippen LogP contribution >= 0.6 is 11.8 Å². The van der Waals surface area contributed by atoms with Gasteiger partial charge in [0, 0.05) is 17.3 Å². The summed E-state index contributed by atoms with van der Waals surface area (Å²) >= 11 is 1.93. The van der Waals surface area contributed by atoms with Gasteiger partial charge in [-0.05, 0) is 35.9 Å². The summed E-state index contributed by atoms with van der Waals surface area (Å²) < 4.78 is 0. The molecule has 0 fully saturated rings. The molecule has 1 heterocycles. The molecule has 0 bridgehead atoms. The molecule has 1 aromatic heterocycles. The van der Waals surface area contributed by atoms with Crippen LogP contribution in [-0.2, 0) is 5.75 Å². The van der Waals surface area contributed by atoms with E-state index in [4.69, 9.17) is 5.73 Å². The smallest absolute Gasteiger partial charge is 0.0702 e. The topological polar surface area (TPSA) is 38.9 Å². The maximum Gasteiger partial charge on any atom is 0.0702 e. The van der Waals surface area contributed by atoms with Gasteiger partial charge < -0.3 is 5.73 Å². The summed E-state index contributed by atoms with van der Waals surface area (Å²) in [6.45, 7) is 2.95. The van der Waals surface area contributed by atoms with Crippen molar-refractivity contribution in [2.75, 3.05) is 12.3 Å². The summed E-state index contributed by atoms with van der Waals surface area (Å²) in [5.74, 6) is 2.72. The average molecular weight is 246 g/mol. The summed E-state index contributed by atoms with van der Waals surface area (Å²) in [5, 5.41) is 1.22. The molecule has 90 valence electrons. The van der Waals surface area contributed by atoms with Gasteiger partial charge in [-0.2, -0.15) is 11.8 Å². The van der Waals surface area contributed by atoms with Gasteiger partial charge in [0.15, 0.2) is 0 Å². The molecule has 0 saturated carbocycles. The quantitative estimate of drug-likeness (QED) is 0.881. The van der Waals surface area contributed by atoms with Crippen LogP contribution < -0.4 is 5.73 Å². The minimum Gasteiger partial charge on any atom is -0.330 e. The lowest BCUT2D eigenvalue weighted by Crippen LogP contribution is -2.12. The van der Waals surface area contributed by atoms with Gasteiger partial charge in [0.1, 0.15) is 0 Å². The molecule has 0 aliphatic rings. The molecule has 17 heavy (non-hydrogen) atoms. The molecule has 2 N–H and O–H groups in total. The fourth-order valence-electron chi connectivity index (χ4n) is 1.64. The zero-order valence-corrected chi connectivity index (χ0v) is 10.9. The van der Waals surface area contributed by atoms with Crippen molar-refractivity contribution in [1.29, 1.82) is 0 Å². The van der Waals surface area contributed by atoms with Crippen molar-refractivity contribution in [2.24, 2.45) is 11.7 Å². The monoisotopic (exact) mass is 246 g/mol. The molecule has 0 aliphatic heterocycles. The molecule has 0 amide bonds. The van der Waals surface area contributed by atoms with Gasteiger partial charge in [-0.3, -0.25) is 4.98 Å². The van der Waals surface area contributed by atoms with Crippen molar-refractivity contribution in [1.82, 2.24) is 4.98 Å². The van der Waals surface area contributed by atoms with E-state index in [9.17, 15) is 0 Å². The average Bonchev–Trinajstić information content (AvgIpc) is 2.38. The molecular weight excluding hydrogens is 228 g/mol. The Morgan fingerprint density at radius 1 is 1.35 bits per heavy atom. The fraction of sp³-hybridized carbons (Fsp3) is 0.357. The van der Waals surface area contributed by atoms with Gasteiger partial charge in [0.05, 0.1) is 5.52 Å². The third-order valence-electron chi connectivity index (χ3n) is 2.72. The lowest BCUT2D eigenvalue weighted by atomic mass is 10.2. The van der Waals surface area contributed by atoms with Crippen molar-refractivity contribution in [3.8, 4) is 0 Å². The molecule has 0 radical (unpaired) electrons. The van der Waals surface area contributed by atoms with E-state index in [1.54, 1.807) is 0 Å². The highest BCUT2D eigenvalue weighted by Gasteiger charge is 2.01. The summed E-state index contributed by atoms with van der Waals surface area (Å²) in [5.41, 5.74) is 7.96. The van der Waals surface area contributed by atoms with Gasteiger partial charge in [-0.25, -0.2) is 0 Å². The van der Waals surface area contributed by atoms with Gasteiger partial charge in [-0.15, -0.1) is 0 Å². The Kier molecular flexibility index (Phi) is 4.40. The maximum absolute atomic E-state index is 5.60. The highest BCUT2D eigenvalue weighted by Crippen LogP contribution is 2.18. The Balaban J connectivity index is 1.99. The van der Waals surface area contributed by atoms with Gasteiger partial charge in [0.25, 0.3) is 0 Å². The van der Waals surface area contributed by atoms with Crippen molar-refractivity contribution in [3.05, 3.63) is 42.1 Å². The van der Waals surface area contributed by atoms with E-state index < -0.39 is 0 Å². The molecular formula is C14H18N2S.